The fourth-order valence-corrected chi connectivity index (χ4v) is 3.62. The van der Waals surface area contributed by atoms with Crippen LogP contribution in [0.25, 0.3) is 0 Å². The lowest BCUT2D eigenvalue weighted by molar-refractivity contribution is -0.120. The van der Waals surface area contributed by atoms with E-state index < -0.39 is 10.0 Å². The summed E-state index contributed by atoms with van der Waals surface area (Å²) in [4.78, 5) is 12.5. The minimum absolute atomic E-state index is 0.0662. The Kier molecular flexibility index (Phi) is 6.31. The highest BCUT2D eigenvalue weighted by atomic mass is 32.2. The number of para-hydroxylation sites is 1. The first-order valence-electron chi connectivity index (χ1n) is 8.91. The third kappa shape index (κ3) is 5.82. The molecule has 0 saturated heterocycles. The number of carbonyl (C=O) groups excluding carboxylic acids is 1. The van der Waals surface area contributed by atoms with Gasteiger partial charge in [-0.1, -0.05) is 63.2 Å². The topological polar surface area (TPSA) is 66.5 Å². The van der Waals surface area contributed by atoms with Crippen molar-refractivity contribution >= 4 is 21.6 Å². The SMILES string of the molecule is C[C@H](NC(=O)CN(c1ccccc1)S(C)(=O)=O)c1ccc(C(C)(C)C)cc1. The molecule has 0 radical (unpaired) electrons. The molecule has 0 bridgehead atoms. The van der Waals surface area contributed by atoms with E-state index in [0.717, 1.165) is 16.1 Å². The second kappa shape index (κ2) is 8.13. The van der Waals surface area contributed by atoms with Gasteiger partial charge >= 0.3 is 0 Å². The van der Waals surface area contributed by atoms with Crippen molar-refractivity contribution in [2.75, 3.05) is 17.1 Å². The smallest absolute Gasteiger partial charge is 0.241 e. The number of carbonyl (C=O) groups is 1. The number of nitrogens with one attached hydrogen (secondary N) is 1. The van der Waals surface area contributed by atoms with Crippen LogP contribution in [0.3, 0.4) is 0 Å². The lowest BCUT2D eigenvalue weighted by Gasteiger charge is -2.24. The van der Waals surface area contributed by atoms with Crippen LogP contribution in [0.15, 0.2) is 54.6 Å². The van der Waals surface area contributed by atoms with Gasteiger partial charge in [0.15, 0.2) is 0 Å². The second-order valence-electron chi connectivity index (χ2n) is 7.77. The third-order valence-corrected chi connectivity index (χ3v) is 5.53. The Morgan fingerprint density at radius 2 is 1.59 bits per heavy atom. The van der Waals surface area contributed by atoms with Crippen molar-refractivity contribution < 1.29 is 13.2 Å². The Labute approximate surface area is 162 Å². The summed E-state index contributed by atoms with van der Waals surface area (Å²) in [5, 5.41) is 2.88. The molecule has 6 heteroatoms. The van der Waals surface area contributed by atoms with Gasteiger partial charge in [-0.15, -0.1) is 0 Å². The Morgan fingerprint density at radius 1 is 1.04 bits per heavy atom. The van der Waals surface area contributed by atoms with Crippen LogP contribution >= 0.6 is 0 Å². The van der Waals surface area contributed by atoms with Gasteiger partial charge in [0.05, 0.1) is 18.0 Å². The summed E-state index contributed by atoms with van der Waals surface area (Å²) in [6.45, 7) is 8.08. The molecule has 0 spiro atoms. The molecule has 146 valence electrons. The van der Waals surface area contributed by atoms with Gasteiger partial charge in [-0.2, -0.15) is 0 Å². The highest BCUT2D eigenvalue weighted by Crippen LogP contribution is 2.24. The van der Waals surface area contributed by atoms with Crippen molar-refractivity contribution in [3.63, 3.8) is 0 Å². The maximum absolute atomic E-state index is 12.5. The molecule has 27 heavy (non-hydrogen) atoms. The fourth-order valence-electron chi connectivity index (χ4n) is 2.77. The zero-order valence-electron chi connectivity index (χ0n) is 16.6. The zero-order valence-corrected chi connectivity index (χ0v) is 17.4. The molecule has 0 aliphatic rings. The van der Waals surface area contributed by atoms with Crippen molar-refractivity contribution in [1.82, 2.24) is 5.32 Å². The monoisotopic (exact) mass is 388 g/mol. The minimum Gasteiger partial charge on any atom is -0.348 e. The molecule has 0 heterocycles. The van der Waals surface area contributed by atoms with E-state index in [-0.39, 0.29) is 23.9 Å². The fraction of sp³-hybridized carbons (Fsp3) is 0.381. The molecule has 0 aromatic heterocycles. The highest BCUT2D eigenvalue weighted by molar-refractivity contribution is 7.92. The number of sulfonamides is 1. The van der Waals surface area contributed by atoms with E-state index >= 15 is 0 Å². The van der Waals surface area contributed by atoms with Gasteiger partial charge in [-0.3, -0.25) is 9.10 Å². The van der Waals surface area contributed by atoms with Gasteiger partial charge < -0.3 is 5.32 Å². The molecule has 2 aromatic rings. The largest absolute Gasteiger partial charge is 0.348 e. The van der Waals surface area contributed by atoms with Crippen LogP contribution in [-0.2, 0) is 20.2 Å². The first kappa shape index (κ1) is 21.0. The lowest BCUT2D eigenvalue weighted by Crippen LogP contribution is -2.41. The van der Waals surface area contributed by atoms with E-state index in [1.54, 1.807) is 30.3 Å². The Bertz CT molecular complexity index is 870. The first-order chi connectivity index (χ1) is 12.5. The maximum Gasteiger partial charge on any atom is 0.241 e. The Morgan fingerprint density at radius 3 is 2.07 bits per heavy atom. The molecule has 2 aromatic carbocycles. The third-order valence-electron chi connectivity index (χ3n) is 4.39. The molecule has 0 saturated carbocycles. The van der Waals surface area contributed by atoms with Gasteiger partial charge in [-0.05, 0) is 35.6 Å². The number of benzene rings is 2. The molecule has 5 nitrogen and oxygen atoms in total. The number of nitrogens with zero attached hydrogens (tertiary/aromatic N) is 1. The average Bonchev–Trinajstić information content (AvgIpc) is 2.59. The van der Waals surface area contributed by atoms with Crippen LogP contribution < -0.4 is 9.62 Å². The summed E-state index contributed by atoms with van der Waals surface area (Å²) >= 11 is 0. The molecule has 0 aliphatic carbocycles. The van der Waals surface area contributed by atoms with Crippen molar-refractivity contribution in [2.45, 2.75) is 39.2 Å². The summed E-state index contributed by atoms with van der Waals surface area (Å²) in [6, 6.07) is 16.5. The summed E-state index contributed by atoms with van der Waals surface area (Å²) in [7, 11) is -3.56. The summed E-state index contributed by atoms with van der Waals surface area (Å²) in [5.41, 5.74) is 2.73. The standard InChI is InChI=1S/C21H28N2O3S/c1-16(17-11-13-18(14-12-17)21(2,3)4)22-20(24)15-23(27(5,25)26)19-9-7-6-8-10-19/h6-14,16H,15H2,1-5H3,(H,22,24)/t16-/m0/s1. The number of hydrogen-bond acceptors (Lipinski definition) is 3. The molecule has 1 amide bonds. The first-order valence-corrected chi connectivity index (χ1v) is 10.8. The van der Waals surface area contributed by atoms with Gasteiger partial charge in [0.2, 0.25) is 15.9 Å². The summed E-state index contributed by atoms with van der Waals surface area (Å²) < 4.78 is 25.3. The minimum atomic E-state index is -3.56. The summed E-state index contributed by atoms with van der Waals surface area (Å²) in [6.07, 6.45) is 1.10. The van der Waals surface area contributed by atoms with E-state index in [1.807, 2.05) is 19.1 Å². The molecule has 2 rings (SSSR count). The average molecular weight is 389 g/mol. The quantitative estimate of drug-likeness (QED) is 0.822. The zero-order chi connectivity index (χ0) is 20.2. The van der Waals surface area contributed by atoms with E-state index in [1.165, 1.54) is 5.56 Å². The van der Waals surface area contributed by atoms with Crippen LogP contribution in [0.5, 0.6) is 0 Å². The van der Waals surface area contributed by atoms with Crippen molar-refractivity contribution in [3.05, 3.63) is 65.7 Å². The van der Waals surface area contributed by atoms with Crippen molar-refractivity contribution in [2.24, 2.45) is 0 Å². The van der Waals surface area contributed by atoms with E-state index in [0.29, 0.717) is 5.69 Å². The van der Waals surface area contributed by atoms with E-state index in [4.69, 9.17) is 0 Å². The number of hydrogen-bond donors (Lipinski definition) is 1. The van der Waals surface area contributed by atoms with Gasteiger partial charge in [0.1, 0.15) is 6.54 Å². The Balaban J connectivity index is 2.09. The lowest BCUT2D eigenvalue weighted by atomic mass is 9.86. The number of rotatable bonds is 6. The summed E-state index contributed by atoms with van der Waals surface area (Å²) in [5.74, 6) is -0.350. The molecule has 0 fully saturated rings. The molecule has 0 unspecified atom stereocenters. The van der Waals surface area contributed by atoms with Crippen LogP contribution in [0, 0.1) is 0 Å². The van der Waals surface area contributed by atoms with Gasteiger partial charge in [0, 0.05) is 0 Å². The van der Waals surface area contributed by atoms with Crippen LogP contribution in [0.2, 0.25) is 0 Å². The molecule has 1 atom stereocenters. The molecular weight excluding hydrogens is 360 g/mol. The highest BCUT2D eigenvalue weighted by Gasteiger charge is 2.22. The molecule has 1 N–H and O–H groups in total. The van der Waals surface area contributed by atoms with Crippen LogP contribution in [0.1, 0.15) is 44.9 Å². The van der Waals surface area contributed by atoms with Gasteiger partial charge in [-0.25, -0.2) is 8.42 Å². The normalized spacial score (nSPS) is 13.1. The molecule has 0 aliphatic heterocycles. The van der Waals surface area contributed by atoms with Crippen LogP contribution in [0.4, 0.5) is 5.69 Å². The predicted octanol–water partition coefficient (Wildman–Crippen LogP) is 3.63. The van der Waals surface area contributed by atoms with E-state index in [9.17, 15) is 13.2 Å². The molecular formula is C21H28N2O3S. The van der Waals surface area contributed by atoms with E-state index in [2.05, 4.69) is 38.2 Å². The maximum atomic E-state index is 12.5. The van der Waals surface area contributed by atoms with Crippen LogP contribution in [-0.4, -0.2) is 27.1 Å². The second-order valence-corrected chi connectivity index (χ2v) is 9.67. The van der Waals surface area contributed by atoms with Crippen molar-refractivity contribution in [1.29, 1.82) is 0 Å². The number of amides is 1. The number of anilines is 1. The van der Waals surface area contributed by atoms with Gasteiger partial charge in [0.25, 0.3) is 0 Å². The van der Waals surface area contributed by atoms with Crippen molar-refractivity contribution in [3.8, 4) is 0 Å². The predicted molar refractivity (Wildman–Crippen MR) is 110 cm³/mol. The Hall–Kier alpha value is -2.34.